The molecule has 2 saturated heterocycles. The second-order valence-electron chi connectivity index (χ2n) is 19.7. The van der Waals surface area contributed by atoms with Crippen LogP contribution in [0.4, 0.5) is 0 Å². The Bertz CT molecular complexity index is 1480. The number of aliphatic hydroxyl groups excluding tert-OH is 7. The monoisotopic (exact) mass is 1030 g/mol. The van der Waals surface area contributed by atoms with Crippen molar-refractivity contribution in [1.82, 2.24) is 0 Å². The molecule has 0 spiro atoms. The molecule has 2 aliphatic heterocycles. The first-order valence-electron chi connectivity index (χ1n) is 28.5. The molecule has 422 valence electrons. The number of carbonyl (C=O) groups excluding carboxylic acids is 1. The van der Waals surface area contributed by atoms with Gasteiger partial charge in [-0.15, -0.1) is 0 Å². The molecule has 0 aromatic rings. The van der Waals surface area contributed by atoms with Crippen LogP contribution in [-0.4, -0.2) is 142 Å². The van der Waals surface area contributed by atoms with Crippen molar-refractivity contribution in [3.63, 3.8) is 0 Å². The minimum Gasteiger partial charge on any atom is -0.457 e. The Morgan fingerprint density at radius 3 is 1.40 bits per heavy atom. The van der Waals surface area contributed by atoms with Gasteiger partial charge >= 0.3 is 5.97 Å². The zero-order chi connectivity index (χ0) is 53.0. The van der Waals surface area contributed by atoms with Gasteiger partial charge in [-0.3, -0.25) is 4.79 Å². The highest BCUT2D eigenvalue weighted by atomic mass is 16.7. The van der Waals surface area contributed by atoms with Crippen LogP contribution in [0, 0.1) is 0 Å². The standard InChI is InChI=1S/C59H102O14/c1-3-5-7-9-11-13-15-17-19-21-22-23-24-25-26-27-28-30-32-34-36-38-40-42-51(61)71-48(45-68-43-41-39-37-35-33-31-29-20-18-16-14-12-10-8-6-4-2)46-69-58-57(67)55(65)53(63)50(73-58)47-70-59-56(66)54(64)52(62)49(44-60)72-59/h5,7,11-14,17-20,22-23,48-50,52-60,62-67H,3-4,6,8-10,15-16,21,24-47H2,1-2H3/b7-5-,13-11-,14-12-,19-17-,20-18-,23-22-. The molecule has 0 aromatic carbocycles. The van der Waals surface area contributed by atoms with Gasteiger partial charge in [-0.05, 0) is 83.5 Å². The van der Waals surface area contributed by atoms with E-state index >= 15 is 0 Å². The van der Waals surface area contributed by atoms with Crippen LogP contribution in [0.5, 0.6) is 0 Å². The summed E-state index contributed by atoms with van der Waals surface area (Å²) in [6.45, 7) is 3.52. The zero-order valence-electron chi connectivity index (χ0n) is 45.1. The molecular formula is C59H102O14. The normalized spacial score (nSPS) is 25.5. The molecule has 11 unspecified atom stereocenters. The number of allylic oxidation sites excluding steroid dienone is 12. The number of aliphatic hydroxyl groups is 7. The van der Waals surface area contributed by atoms with E-state index in [-0.39, 0.29) is 25.6 Å². The third-order valence-electron chi connectivity index (χ3n) is 13.2. The lowest BCUT2D eigenvalue weighted by Crippen LogP contribution is -2.61. The van der Waals surface area contributed by atoms with E-state index in [0.717, 1.165) is 89.9 Å². The summed E-state index contributed by atoms with van der Waals surface area (Å²) in [6, 6.07) is 0. The van der Waals surface area contributed by atoms with E-state index in [4.69, 9.17) is 28.4 Å². The van der Waals surface area contributed by atoms with E-state index in [9.17, 15) is 40.5 Å². The highest BCUT2D eigenvalue weighted by molar-refractivity contribution is 5.69. The molecule has 7 N–H and O–H groups in total. The fourth-order valence-corrected chi connectivity index (χ4v) is 8.60. The van der Waals surface area contributed by atoms with Crippen LogP contribution in [0.3, 0.4) is 0 Å². The van der Waals surface area contributed by atoms with Crippen molar-refractivity contribution in [1.29, 1.82) is 0 Å². The summed E-state index contributed by atoms with van der Waals surface area (Å²) in [5.41, 5.74) is 0. The maximum atomic E-state index is 13.1. The molecule has 2 rings (SSSR count). The number of hydrogen-bond donors (Lipinski definition) is 7. The van der Waals surface area contributed by atoms with E-state index in [0.29, 0.717) is 13.0 Å². The third kappa shape index (κ3) is 32.6. The maximum Gasteiger partial charge on any atom is 0.306 e. The smallest absolute Gasteiger partial charge is 0.306 e. The summed E-state index contributed by atoms with van der Waals surface area (Å²) >= 11 is 0. The fraction of sp³-hybridized carbons (Fsp3) is 0.780. The van der Waals surface area contributed by atoms with Crippen LogP contribution < -0.4 is 0 Å². The Hall–Kier alpha value is -2.57. The van der Waals surface area contributed by atoms with Crippen molar-refractivity contribution >= 4 is 5.97 Å². The van der Waals surface area contributed by atoms with E-state index in [2.05, 4.69) is 86.8 Å². The Kier molecular flexibility index (Phi) is 41.6. The largest absolute Gasteiger partial charge is 0.457 e. The van der Waals surface area contributed by atoms with E-state index in [1.807, 2.05) is 0 Å². The second kappa shape index (κ2) is 45.6. The quantitative estimate of drug-likeness (QED) is 0.0172. The number of rotatable bonds is 45. The molecule has 2 heterocycles. The van der Waals surface area contributed by atoms with Crippen LogP contribution in [0.25, 0.3) is 0 Å². The number of hydrogen-bond acceptors (Lipinski definition) is 14. The van der Waals surface area contributed by atoms with Crippen LogP contribution in [-0.2, 0) is 33.2 Å². The minimum atomic E-state index is -1.71. The molecule has 14 nitrogen and oxygen atoms in total. The third-order valence-corrected chi connectivity index (χ3v) is 13.2. The molecule has 11 atom stereocenters. The highest BCUT2D eigenvalue weighted by Crippen LogP contribution is 2.26. The van der Waals surface area contributed by atoms with Gasteiger partial charge in [0.05, 0.1) is 26.4 Å². The van der Waals surface area contributed by atoms with Crippen molar-refractivity contribution in [3.8, 4) is 0 Å². The molecular weight excluding hydrogens is 933 g/mol. The van der Waals surface area contributed by atoms with E-state index in [1.54, 1.807) is 0 Å². The molecule has 73 heavy (non-hydrogen) atoms. The lowest BCUT2D eigenvalue weighted by atomic mass is 9.98. The van der Waals surface area contributed by atoms with Crippen LogP contribution in [0.2, 0.25) is 0 Å². The first-order valence-corrected chi connectivity index (χ1v) is 28.5. The van der Waals surface area contributed by atoms with Gasteiger partial charge in [0, 0.05) is 13.0 Å². The average Bonchev–Trinajstić information content (AvgIpc) is 3.39. The molecule has 0 aromatic heterocycles. The number of carbonyl (C=O) groups is 1. The lowest BCUT2D eigenvalue weighted by molar-refractivity contribution is -0.332. The van der Waals surface area contributed by atoms with Gasteiger partial charge in [-0.25, -0.2) is 0 Å². The lowest BCUT2D eigenvalue weighted by Gasteiger charge is -2.42. The fourth-order valence-electron chi connectivity index (χ4n) is 8.60. The number of ether oxygens (including phenoxy) is 6. The Labute approximate surface area is 440 Å². The second-order valence-corrected chi connectivity index (χ2v) is 19.7. The molecule has 0 bridgehead atoms. The Morgan fingerprint density at radius 2 is 0.890 bits per heavy atom. The van der Waals surface area contributed by atoms with Crippen molar-refractivity contribution in [2.45, 2.75) is 261 Å². The molecule has 0 saturated carbocycles. The van der Waals surface area contributed by atoms with Gasteiger partial charge in [0.15, 0.2) is 12.6 Å². The minimum absolute atomic E-state index is 0.0497. The maximum absolute atomic E-state index is 13.1. The van der Waals surface area contributed by atoms with Gasteiger partial charge in [0.25, 0.3) is 0 Å². The Balaban J connectivity index is 1.72. The van der Waals surface area contributed by atoms with Crippen molar-refractivity contribution in [3.05, 3.63) is 72.9 Å². The summed E-state index contributed by atoms with van der Waals surface area (Å²) in [5.74, 6) is -0.387. The Morgan fingerprint density at radius 1 is 0.466 bits per heavy atom. The molecule has 0 radical (unpaired) electrons. The topological polar surface area (TPSA) is 214 Å². The van der Waals surface area contributed by atoms with E-state index < -0.39 is 80.7 Å². The highest BCUT2D eigenvalue weighted by Gasteiger charge is 2.47. The van der Waals surface area contributed by atoms with Crippen LogP contribution in [0.15, 0.2) is 72.9 Å². The van der Waals surface area contributed by atoms with Gasteiger partial charge in [-0.1, -0.05) is 177 Å². The molecule has 14 heteroatoms. The first kappa shape index (κ1) is 66.5. The van der Waals surface area contributed by atoms with Crippen molar-refractivity contribution in [2.24, 2.45) is 0 Å². The van der Waals surface area contributed by atoms with Crippen LogP contribution >= 0.6 is 0 Å². The van der Waals surface area contributed by atoms with Crippen LogP contribution in [0.1, 0.15) is 194 Å². The molecule has 0 amide bonds. The average molecular weight is 1040 g/mol. The predicted octanol–water partition coefficient (Wildman–Crippen LogP) is 9.86. The first-order chi connectivity index (χ1) is 35.6. The molecule has 0 aliphatic carbocycles. The molecule has 2 aliphatic rings. The van der Waals surface area contributed by atoms with Crippen molar-refractivity contribution < 1.29 is 69.0 Å². The predicted molar refractivity (Wildman–Crippen MR) is 289 cm³/mol. The summed E-state index contributed by atoms with van der Waals surface area (Å²) < 4.78 is 34.4. The van der Waals surface area contributed by atoms with Gasteiger partial charge in [-0.2, -0.15) is 0 Å². The molecule has 2 fully saturated rings. The zero-order valence-corrected chi connectivity index (χ0v) is 45.1. The summed E-state index contributed by atoms with van der Waals surface area (Å²) in [5, 5.41) is 72.3. The summed E-state index contributed by atoms with van der Waals surface area (Å²) in [6.07, 6.45) is 41.0. The number of esters is 1. The summed E-state index contributed by atoms with van der Waals surface area (Å²) in [7, 11) is 0. The SMILES string of the molecule is CC/C=C\C/C=C\C/C=C\C/C=C\CCCCCCCCCCCCC(=O)OC(COCCCCCCCC/C=C\C/C=C\CCCCC)COC1OC(COC2OC(CO)C(O)C(O)C2O)C(O)C(O)C1O. The van der Waals surface area contributed by atoms with E-state index in [1.165, 1.54) is 77.0 Å². The summed E-state index contributed by atoms with van der Waals surface area (Å²) in [4.78, 5) is 13.1. The van der Waals surface area contributed by atoms with Gasteiger partial charge in [0.2, 0.25) is 0 Å². The number of unbranched alkanes of at least 4 members (excludes halogenated alkanes) is 19. The van der Waals surface area contributed by atoms with Crippen molar-refractivity contribution in [2.75, 3.05) is 33.0 Å². The van der Waals surface area contributed by atoms with Gasteiger partial charge in [0.1, 0.15) is 54.9 Å². The van der Waals surface area contributed by atoms with Gasteiger partial charge < -0.3 is 64.2 Å².